The lowest BCUT2D eigenvalue weighted by molar-refractivity contribution is -1.02. The van der Waals surface area contributed by atoms with Crippen LogP contribution in [0.4, 0.5) is 10.1 Å². The number of halogens is 1. The van der Waals surface area contributed by atoms with E-state index in [2.05, 4.69) is 4.98 Å². The van der Waals surface area contributed by atoms with E-state index < -0.39 is 0 Å². The number of aromatic nitrogens is 1. The van der Waals surface area contributed by atoms with E-state index in [9.17, 15) is 14.0 Å². The molecule has 0 aliphatic carbocycles. The lowest BCUT2D eigenvalue weighted by Gasteiger charge is -2.32. The third kappa shape index (κ3) is 3.95. The highest BCUT2D eigenvalue weighted by molar-refractivity contribution is 6.21. The topological polar surface area (TPSA) is 59.2 Å². The molecule has 0 spiro atoms. The van der Waals surface area contributed by atoms with E-state index in [1.54, 1.807) is 0 Å². The van der Waals surface area contributed by atoms with Crippen LogP contribution in [0, 0.1) is 5.82 Å². The van der Waals surface area contributed by atoms with Gasteiger partial charge in [0.05, 0.1) is 18.7 Å². The molecule has 0 bridgehead atoms. The Hall–Kier alpha value is -2.64. The quantitative estimate of drug-likeness (QED) is 0.642. The highest BCUT2D eigenvalue weighted by atomic mass is 19.1. The van der Waals surface area contributed by atoms with Gasteiger partial charge < -0.3 is 9.80 Å². The van der Waals surface area contributed by atoms with Gasteiger partial charge in [-0.3, -0.25) is 14.6 Å². The number of quaternary nitrogens is 2. The normalized spacial score (nSPS) is 25.3. The summed E-state index contributed by atoms with van der Waals surface area (Å²) in [5.41, 5.74) is 1.75. The van der Waals surface area contributed by atoms with Gasteiger partial charge in [-0.25, -0.2) is 9.29 Å². The molecule has 146 valence electrons. The molecular formula is C21H25FN4O2+2. The van der Waals surface area contributed by atoms with Crippen LogP contribution in [0.25, 0.3) is 0 Å². The van der Waals surface area contributed by atoms with Gasteiger partial charge in [-0.05, 0) is 42.0 Å². The van der Waals surface area contributed by atoms with E-state index in [0.717, 1.165) is 39.1 Å². The van der Waals surface area contributed by atoms with Crippen LogP contribution in [0.15, 0.2) is 48.8 Å². The zero-order valence-electron chi connectivity index (χ0n) is 15.7. The Morgan fingerprint density at radius 2 is 1.68 bits per heavy atom. The fraction of sp³-hybridized carbons (Fsp3) is 0.381. The minimum Gasteiger partial charge on any atom is -0.325 e. The first-order valence-electron chi connectivity index (χ1n) is 9.81. The van der Waals surface area contributed by atoms with Crippen LogP contribution in [0.5, 0.6) is 0 Å². The van der Waals surface area contributed by atoms with Gasteiger partial charge in [0.1, 0.15) is 32.0 Å². The van der Waals surface area contributed by atoms with Crippen molar-refractivity contribution in [1.82, 2.24) is 4.98 Å². The Morgan fingerprint density at radius 3 is 2.36 bits per heavy atom. The summed E-state index contributed by atoms with van der Waals surface area (Å²) >= 11 is 0. The van der Waals surface area contributed by atoms with Crippen molar-refractivity contribution >= 4 is 17.5 Å². The van der Waals surface area contributed by atoms with E-state index in [0.29, 0.717) is 5.69 Å². The molecule has 7 heteroatoms. The lowest BCUT2D eigenvalue weighted by Crippen LogP contribution is -3.30. The van der Waals surface area contributed by atoms with Crippen LogP contribution < -0.4 is 14.7 Å². The number of nitrogens with one attached hydrogen (secondary N) is 2. The van der Waals surface area contributed by atoms with Gasteiger partial charge in [0, 0.05) is 18.8 Å². The van der Waals surface area contributed by atoms with Gasteiger partial charge in [-0.1, -0.05) is 0 Å². The number of amides is 2. The molecule has 1 atom stereocenters. The number of carbonyl (C=O) groups excluding carboxylic acids is 2. The number of benzene rings is 1. The highest BCUT2D eigenvalue weighted by Crippen LogP contribution is 2.22. The minimum atomic E-state index is -0.379. The van der Waals surface area contributed by atoms with Gasteiger partial charge in [-0.2, -0.15) is 0 Å². The summed E-state index contributed by atoms with van der Waals surface area (Å²) < 4.78 is 13.1. The van der Waals surface area contributed by atoms with Crippen molar-refractivity contribution < 1.29 is 23.8 Å². The average Bonchev–Trinajstić information content (AvgIpc) is 3.02. The van der Waals surface area contributed by atoms with Gasteiger partial charge in [0.2, 0.25) is 5.91 Å². The fourth-order valence-corrected chi connectivity index (χ4v) is 4.21. The van der Waals surface area contributed by atoms with Crippen molar-refractivity contribution in [3.63, 3.8) is 0 Å². The summed E-state index contributed by atoms with van der Waals surface area (Å²) in [6.45, 7) is 4.82. The molecule has 3 heterocycles. The van der Waals surface area contributed by atoms with Crippen LogP contribution in [0.2, 0.25) is 0 Å². The largest absolute Gasteiger partial charge is 0.325 e. The predicted molar refractivity (Wildman–Crippen MR) is 101 cm³/mol. The molecule has 1 aromatic heterocycles. The number of anilines is 1. The molecule has 2 aromatic rings. The highest BCUT2D eigenvalue weighted by Gasteiger charge is 2.46. The molecule has 2 saturated heterocycles. The van der Waals surface area contributed by atoms with Crippen LogP contribution in [-0.2, 0) is 16.0 Å². The summed E-state index contributed by atoms with van der Waals surface area (Å²) in [6.07, 6.45) is 4.90. The third-order valence-corrected chi connectivity index (χ3v) is 5.84. The van der Waals surface area contributed by atoms with Crippen molar-refractivity contribution in [2.24, 2.45) is 0 Å². The summed E-state index contributed by atoms with van der Waals surface area (Å²) in [4.78, 5) is 33.3. The molecule has 2 N–H and O–H groups in total. The van der Waals surface area contributed by atoms with Crippen LogP contribution in [0.3, 0.4) is 0 Å². The molecule has 2 amide bonds. The van der Waals surface area contributed by atoms with E-state index in [1.165, 1.54) is 44.5 Å². The summed E-state index contributed by atoms with van der Waals surface area (Å²) in [5.74, 6) is -0.732. The SMILES string of the molecule is O=C1C[C@@H]([NH+]2CC[NH+](CCc3ccncc3)CC2)C(=O)N1c1ccc(F)cc1. The minimum absolute atomic E-state index is 0.160. The Balaban J connectivity index is 1.32. The van der Waals surface area contributed by atoms with Gasteiger partial charge in [0.15, 0.2) is 6.04 Å². The first-order valence-corrected chi connectivity index (χ1v) is 9.81. The maximum atomic E-state index is 13.1. The molecule has 0 unspecified atom stereocenters. The Bertz CT molecular complexity index is 835. The molecule has 4 rings (SSSR count). The zero-order chi connectivity index (χ0) is 19.5. The lowest BCUT2D eigenvalue weighted by atomic mass is 10.1. The van der Waals surface area contributed by atoms with Crippen LogP contribution in [-0.4, -0.2) is 55.6 Å². The number of hydrogen-bond acceptors (Lipinski definition) is 3. The third-order valence-electron chi connectivity index (χ3n) is 5.84. The molecule has 0 radical (unpaired) electrons. The van der Waals surface area contributed by atoms with E-state index in [-0.39, 0.29) is 30.1 Å². The van der Waals surface area contributed by atoms with E-state index >= 15 is 0 Å². The van der Waals surface area contributed by atoms with Crippen molar-refractivity contribution in [1.29, 1.82) is 0 Å². The van der Waals surface area contributed by atoms with Gasteiger partial charge in [0.25, 0.3) is 5.91 Å². The second-order valence-electron chi connectivity index (χ2n) is 7.56. The van der Waals surface area contributed by atoms with Crippen LogP contribution >= 0.6 is 0 Å². The molecule has 2 aliphatic rings. The number of piperazine rings is 1. The van der Waals surface area contributed by atoms with E-state index in [4.69, 9.17) is 0 Å². The Morgan fingerprint density at radius 1 is 1.00 bits per heavy atom. The van der Waals surface area contributed by atoms with Gasteiger partial charge >= 0.3 is 0 Å². The van der Waals surface area contributed by atoms with E-state index in [1.807, 2.05) is 24.5 Å². The van der Waals surface area contributed by atoms with Gasteiger partial charge in [-0.15, -0.1) is 0 Å². The summed E-state index contributed by atoms with van der Waals surface area (Å²) in [7, 11) is 0. The zero-order valence-corrected chi connectivity index (χ0v) is 15.7. The monoisotopic (exact) mass is 384 g/mol. The predicted octanol–water partition coefficient (Wildman–Crippen LogP) is -1.12. The van der Waals surface area contributed by atoms with Crippen molar-refractivity contribution in [3.8, 4) is 0 Å². The number of nitrogens with zero attached hydrogens (tertiary/aromatic N) is 2. The number of carbonyl (C=O) groups is 2. The molecule has 1 aromatic carbocycles. The summed E-state index contributed by atoms with van der Waals surface area (Å²) in [5, 5.41) is 0. The van der Waals surface area contributed by atoms with Crippen molar-refractivity contribution in [3.05, 3.63) is 60.2 Å². The Labute approximate surface area is 163 Å². The number of hydrogen-bond donors (Lipinski definition) is 2. The molecule has 2 aliphatic heterocycles. The summed E-state index contributed by atoms with van der Waals surface area (Å²) in [6, 6.07) is 9.32. The average molecular weight is 384 g/mol. The second-order valence-corrected chi connectivity index (χ2v) is 7.56. The smallest absolute Gasteiger partial charge is 0.292 e. The first kappa shape index (κ1) is 18.7. The van der Waals surface area contributed by atoms with Crippen molar-refractivity contribution in [2.75, 3.05) is 37.6 Å². The van der Waals surface area contributed by atoms with Crippen molar-refractivity contribution in [2.45, 2.75) is 18.9 Å². The standard InChI is InChI=1S/C21H23FN4O2/c22-17-1-3-18(4-2-17)26-20(27)15-19(21(26)28)25-13-11-24(12-14-25)10-7-16-5-8-23-9-6-16/h1-6,8-9,19H,7,10-15H2/p+2/t19-/m1/s1. The first-order chi connectivity index (χ1) is 13.6. The van der Waals surface area contributed by atoms with Crippen LogP contribution in [0.1, 0.15) is 12.0 Å². The fourth-order valence-electron chi connectivity index (χ4n) is 4.21. The number of imide groups is 1. The maximum Gasteiger partial charge on any atom is 0.292 e. The molecular weight excluding hydrogens is 359 g/mol. The second kappa shape index (κ2) is 8.16. The number of rotatable bonds is 5. The molecule has 2 fully saturated rings. The Kier molecular flexibility index (Phi) is 5.45. The molecule has 6 nitrogen and oxygen atoms in total. The molecule has 28 heavy (non-hydrogen) atoms. The molecule has 0 saturated carbocycles. The maximum absolute atomic E-state index is 13.1. The number of pyridine rings is 1.